The Kier molecular flexibility index (Phi) is 7.01. The summed E-state index contributed by atoms with van der Waals surface area (Å²) in [5, 5.41) is 9.30. The first-order valence-electron chi connectivity index (χ1n) is 8.85. The smallest absolute Gasteiger partial charge is 0.233 e. The molecule has 0 bridgehead atoms. The van der Waals surface area contributed by atoms with Gasteiger partial charge in [-0.3, -0.25) is 0 Å². The van der Waals surface area contributed by atoms with E-state index in [4.69, 9.17) is 0 Å². The third-order valence-corrected chi connectivity index (χ3v) is 3.79. The van der Waals surface area contributed by atoms with Gasteiger partial charge in [0.1, 0.15) is 11.6 Å². The fourth-order valence-electron chi connectivity index (χ4n) is 2.46. The van der Waals surface area contributed by atoms with Crippen LogP contribution in [0.5, 0.6) is 0 Å². The number of benzene rings is 2. The minimum absolute atomic E-state index is 0. The van der Waals surface area contributed by atoms with Crippen molar-refractivity contribution in [3.05, 3.63) is 84.7 Å². The lowest BCUT2D eigenvalue weighted by Gasteiger charge is -2.11. The number of hydrogen-bond donors (Lipinski definition) is 3. The summed E-state index contributed by atoms with van der Waals surface area (Å²) in [5.41, 5.74) is 1.49. The first-order valence-corrected chi connectivity index (χ1v) is 8.85. The van der Waals surface area contributed by atoms with Gasteiger partial charge in [0.05, 0.1) is 6.54 Å². The second-order valence-corrected chi connectivity index (χ2v) is 5.95. The van der Waals surface area contributed by atoms with Gasteiger partial charge in [-0.05, 0) is 42.5 Å². The van der Waals surface area contributed by atoms with Crippen molar-refractivity contribution in [2.24, 2.45) is 0 Å². The molecule has 0 amide bonds. The molecule has 0 aliphatic heterocycles. The van der Waals surface area contributed by atoms with Crippen molar-refractivity contribution in [2.45, 2.75) is 6.54 Å². The van der Waals surface area contributed by atoms with Gasteiger partial charge in [-0.15, -0.1) is 12.4 Å². The molecule has 0 fully saturated rings. The molecule has 3 N–H and O–H groups in total. The molecule has 0 saturated heterocycles. The number of para-hydroxylation sites is 1. The highest BCUT2D eigenvalue weighted by atomic mass is 35.5. The van der Waals surface area contributed by atoms with Gasteiger partial charge in [-0.25, -0.2) is 14.4 Å². The molecule has 4 aromatic rings. The van der Waals surface area contributed by atoms with E-state index in [0.29, 0.717) is 35.9 Å². The summed E-state index contributed by atoms with van der Waals surface area (Å²) in [6.45, 7) is 0.353. The standard InChI is InChI=1S/C20H17FN8.ClH/c21-14-7-9-16(10-8-14)26-20-28-18(24-13-17-22-11-4-12-23-17)27-19(29-20)25-15-5-2-1-3-6-15;/h1-12H,13H2,(H3,24,25,26,27,28,29);1H. The van der Waals surface area contributed by atoms with E-state index in [2.05, 4.69) is 40.9 Å². The number of rotatable bonds is 7. The summed E-state index contributed by atoms with van der Waals surface area (Å²) in [5.74, 6) is 1.30. The van der Waals surface area contributed by atoms with Gasteiger partial charge in [-0.2, -0.15) is 15.0 Å². The fraction of sp³-hybridized carbons (Fsp3) is 0.0500. The quantitative estimate of drug-likeness (QED) is 0.403. The SMILES string of the molecule is Cl.Fc1ccc(Nc2nc(NCc3ncccn3)nc(Nc3ccccc3)n2)cc1. The maximum atomic E-state index is 13.2. The Balaban J connectivity index is 0.00000256. The van der Waals surface area contributed by atoms with Gasteiger partial charge in [0.25, 0.3) is 0 Å². The van der Waals surface area contributed by atoms with Crippen LogP contribution in [0, 0.1) is 5.82 Å². The molecule has 0 spiro atoms. The number of hydrogen-bond acceptors (Lipinski definition) is 8. The first-order chi connectivity index (χ1) is 14.2. The third kappa shape index (κ3) is 5.82. The zero-order valence-corrected chi connectivity index (χ0v) is 16.5. The molecule has 30 heavy (non-hydrogen) atoms. The summed E-state index contributed by atoms with van der Waals surface area (Å²) in [6.07, 6.45) is 3.34. The van der Waals surface area contributed by atoms with Crippen molar-refractivity contribution < 1.29 is 4.39 Å². The molecule has 0 aliphatic rings. The average molecular weight is 425 g/mol. The van der Waals surface area contributed by atoms with Crippen molar-refractivity contribution in [1.82, 2.24) is 24.9 Å². The summed E-state index contributed by atoms with van der Waals surface area (Å²) in [4.78, 5) is 21.5. The zero-order valence-electron chi connectivity index (χ0n) is 15.7. The molecule has 0 aliphatic carbocycles. The van der Waals surface area contributed by atoms with Crippen molar-refractivity contribution in [2.75, 3.05) is 16.0 Å². The monoisotopic (exact) mass is 424 g/mol. The lowest BCUT2D eigenvalue weighted by atomic mass is 10.3. The summed E-state index contributed by atoms with van der Waals surface area (Å²) >= 11 is 0. The molecule has 4 rings (SSSR count). The second-order valence-electron chi connectivity index (χ2n) is 5.95. The predicted molar refractivity (Wildman–Crippen MR) is 116 cm³/mol. The van der Waals surface area contributed by atoms with Crippen LogP contribution in [-0.4, -0.2) is 24.9 Å². The van der Waals surface area contributed by atoms with Crippen LogP contribution in [0.4, 0.5) is 33.6 Å². The summed E-state index contributed by atoms with van der Waals surface area (Å²) in [7, 11) is 0. The van der Waals surface area contributed by atoms with Crippen LogP contribution in [0.1, 0.15) is 5.82 Å². The zero-order chi connectivity index (χ0) is 19.9. The molecule has 0 radical (unpaired) electrons. The fourth-order valence-corrected chi connectivity index (χ4v) is 2.46. The Morgan fingerprint density at radius 3 is 1.87 bits per heavy atom. The van der Waals surface area contributed by atoms with Crippen LogP contribution in [0.2, 0.25) is 0 Å². The molecule has 2 heterocycles. The molecule has 8 nitrogen and oxygen atoms in total. The van der Waals surface area contributed by atoms with E-state index in [9.17, 15) is 4.39 Å². The highest BCUT2D eigenvalue weighted by molar-refractivity contribution is 5.85. The van der Waals surface area contributed by atoms with Gasteiger partial charge in [0, 0.05) is 23.8 Å². The molecule has 0 saturated carbocycles. The summed E-state index contributed by atoms with van der Waals surface area (Å²) in [6, 6.07) is 17.2. The Morgan fingerprint density at radius 2 is 1.23 bits per heavy atom. The predicted octanol–water partition coefficient (Wildman–Crippen LogP) is 4.32. The molecule has 2 aromatic carbocycles. The van der Waals surface area contributed by atoms with Gasteiger partial charge in [0.2, 0.25) is 17.8 Å². The number of halogens is 2. The third-order valence-electron chi connectivity index (χ3n) is 3.79. The van der Waals surface area contributed by atoms with E-state index < -0.39 is 0 Å². The maximum Gasteiger partial charge on any atom is 0.233 e. The lowest BCUT2D eigenvalue weighted by molar-refractivity contribution is 0.628. The van der Waals surface area contributed by atoms with E-state index in [1.807, 2.05) is 30.3 Å². The Bertz CT molecular complexity index is 1070. The maximum absolute atomic E-state index is 13.2. The molecule has 10 heteroatoms. The van der Waals surface area contributed by atoms with Crippen molar-refractivity contribution in [1.29, 1.82) is 0 Å². The molecule has 0 atom stereocenters. The minimum Gasteiger partial charge on any atom is -0.347 e. The largest absolute Gasteiger partial charge is 0.347 e. The minimum atomic E-state index is -0.317. The van der Waals surface area contributed by atoms with E-state index in [0.717, 1.165) is 5.69 Å². The van der Waals surface area contributed by atoms with Gasteiger partial charge in [0.15, 0.2) is 0 Å². The van der Waals surface area contributed by atoms with E-state index in [1.54, 1.807) is 30.6 Å². The number of nitrogens with one attached hydrogen (secondary N) is 3. The number of aromatic nitrogens is 5. The lowest BCUT2D eigenvalue weighted by Crippen LogP contribution is -2.10. The summed E-state index contributed by atoms with van der Waals surface area (Å²) < 4.78 is 13.2. The van der Waals surface area contributed by atoms with Crippen molar-refractivity contribution in [3.8, 4) is 0 Å². The van der Waals surface area contributed by atoms with Crippen molar-refractivity contribution in [3.63, 3.8) is 0 Å². The van der Waals surface area contributed by atoms with Gasteiger partial charge in [-0.1, -0.05) is 18.2 Å². The first kappa shape index (κ1) is 20.9. The van der Waals surface area contributed by atoms with Crippen LogP contribution >= 0.6 is 12.4 Å². The molecular weight excluding hydrogens is 407 g/mol. The van der Waals surface area contributed by atoms with Crippen molar-refractivity contribution >= 4 is 41.6 Å². The van der Waals surface area contributed by atoms with E-state index in [1.165, 1.54) is 12.1 Å². The highest BCUT2D eigenvalue weighted by Gasteiger charge is 2.08. The second kappa shape index (κ2) is 10.1. The average Bonchev–Trinajstić information content (AvgIpc) is 2.75. The highest BCUT2D eigenvalue weighted by Crippen LogP contribution is 2.19. The van der Waals surface area contributed by atoms with E-state index >= 15 is 0 Å². The van der Waals surface area contributed by atoms with Crippen LogP contribution < -0.4 is 16.0 Å². The van der Waals surface area contributed by atoms with E-state index in [-0.39, 0.29) is 18.2 Å². The van der Waals surface area contributed by atoms with Gasteiger partial charge >= 0.3 is 0 Å². The van der Waals surface area contributed by atoms with Crippen LogP contribution in [0.15, 0.2) is 73.1 Å². The Labute approximate surface area is 178 Å². The molecular formula is C20H18ClFN8. The van der Waals surface area contributed by atoms with Crippen LogP contribution in [0.25, 0.3) is 0 Å². The van der Waals surface area contributed by atoms with Gasteiger partial charge < -0.3 is 16.0 Å². The number of anilines is 5. The van der Waals surface area contributed by atoms with Crippen LogP contribution in [-0.2, 0) is 6.54 Å². The molecule has 0 unspecified atom stereocenters. The topological polar surface area (TPSA) is 101 Å². The number of nitrogens with zero attached hydrogens (tertiary/aromatic N) is 5. The molecule has 2 aromatic heterocycles. The molecule has 152 valence electrons. The Hall–Kier alpha value is -3.85. The Morgan fingerprint density at radius 1 is 0.667 bits per heavy atom. The normalized spacial score (nSPS) is 10.0. The van der Waals surface area contributed by atoms with Crippen LogP contribution in [0.3, 0.4) is 0 Å².